The van der Waals surface area contributed by atoms with Crippen molar-refractivity contribution in [2.75, 3.05) is 13.7 Å². The number of nitrogens with one attached hydrogen (secondary N) is 1. The lowest BCUT2D eigenvalue weighted by Gasteiger charge is -2.15. The predicted molar refractivity (Wildman–Crippen MR) is 91.9 cm³/mol. The van der Waals surface area contributed by atoms with E-state index in [-0.39, 0.29) is 6.10 Å². The van der Waals surface area contributed by atoms with E-state index in [1.54, 1.807) is 7.11 Å². The summed E-state index contributed by atoms with van der Waals surface area (Å²) in [5.41, 5.74) is 1.94. The maximum atomic E-state index is 10.3. The minimum absolute atomic E-state index is 0.147. The fourth-order valence-electron chi connectivity index (χ4n) is 2.35. The van der Waals surface area contributed by atoms with Gasteiger partial charge >= 0.3 is 0 Å². The van der Waals surface area contributed by atoms with E-state index in [0.29, 0.717) is 13.1 Å². The summed E-state index contributed by atoms with van der Waals surface area (Å²) in [6, 6.07) is 15.4. The highest BCUT2D eigenvalue weighted by atomic mass is 16.5. The molecule has 1 unspecified atom stereocenters. The van der Waals surface area contributed by atoms with Crippen LogP contribution in [-0.2, 0) is 6.54 Å². The third-order valence-corrected chi connectivity index (χ3v) is 3.48. The van der Waals surface area contributed by atoms with Crippen LogP contribution >= 0.6 is 0 Å². The minimum atomic E-state index is -0.558. The molecule has 1 atom stereocenters. The van der Waals surface area contributed by atoms with Crippen LogP contribution in [0.4, 0.5) is 0 Å². The van der Waals surface area contributed by atoms with Gasteiger partial charge in [0.1, 0.15) is 11.5 Å². The smallest absolute Gasteiger partial charge is 0.123 e. The monoisotopic (exact) mass is 315 g/mol. The van der Waals surface area contributed by atoms with Crippen LogP contribution in [0.5, 0.6) is 11.5 Å². The molecule has 0 saturated heterocycles. The first kappa shape index (κ1) is 17.3. The molecule has 0 saturated carbocycles. The van der Waals surface area contributed by atoms with Gasteiger partial charge in [-0.15, -0.1) is 0 Å². The van der Waals surface area contributed by atoms with Crippen molar-refractivity contribution in [2.24, 2.45) is 0 Å². The summed E-state index contributed by atoms with van der Waals surface area (Å²) in [5.74, 6) is 1.67. The maximum absolute atomic E-state index is 10.3. The van der Waals surface area contributed by atoms with Gasteiger partial charge in [-0.25, -0.2) is 0 Å². The Hall–Kier alpha value is -2.04. The van der Waals surface area contributed by atoms with Gasteiger partial charge in [-0.05, 0) is 37.6 Å². The molecule has 0 bridgehead atoms. The van der Waals surface area contributed by atoms with Crippen LogP contribution in [0.1, 0.15) is 31.1 Å². The summed E-state index contributed by atoms with van der Waals surface area (Å²) in [4.78, 5) is 0. The first-order valence-electron chi connectivity index (χ1n) is 7.87. The Balaban J connectivity index is 1.86. The highest BCUT2D eigenvalue weighted by Crippen LogP contribution is 2.19. The largest absolute Gasteiger partial charge is 0.496 e. The molecule has 0 aliphatic rings. The summed E-state index contributed by atoms with van der Waals surface area (Å²) in [7, 11) is 1.66. The van der Waals surface area contributed by atoms with Gasteiger partial charge < -0.3 is 19.9 Å². The normalized spacial score (nSPS) is 12.2. The standard InChI is InChI=1S/C19H25NO3/c1-14(2)23-17-10-8-15(9-11-17)18(21)13-20-12-16-6-4-5-7-19(16)22-3/h4-11,14,18,20-21H,12-13H2,1-3H3. The van der Waals surface area contributed by atoms with Crippen LogP contribution in [0.15, 0.2) is 48.5 Å². The number of hydrogen-bond donors (Lipinski definition) is 2. The lowest BCUT2D eigenvalue weighted by Crippen LogP contribution is -2.21. The zero-order valence-electron chi connectivity index (χ0n) is 14.0. The topological polar surface area (TPSA) is 50.7 Å². The number of hydrogen-bond acceptors (Lipinski definition) is 4. The maximum Gasteiger partial charge on any atom is 0.123 e. The van der Waals surface area contributed by atoms with Crippen molar-refractivity contribution < 1.29 is 14.6 Å². The number of methoxy groups -OCH3 is 1. The molecule has 0 amide bonds. The van der Waals surface area contributed by atoms with Crippen molar-refractivity contribution in [2.45, 2.75) is 32.6 Å². The van der Waals surface area contributed by atoms with Crippen LogP contribution in [0, 0.1) is 0 Å². The first-order valence-corrected chi connectivity index (χ1v) is 7.87. The van der Waals surface area contributed by atoms with Gasteiger partial charge in [0.25, 0.3) is 0 Å². The summed E-state index contributed by atoms with van der Waals surface area (Å²) in [6.07, 6.45) is -0.411. The third kappa shape index (κ3) is 5.27. The molecule has 4 nitrogen and oxygen atoms in total. The van der Waals surface area contributed by atoms with Gasteiger partial charge in [0, 0.05) is 18.7 Å². The Kier molecular flexibility index (Phi) is 6.44. The molecule has 0 heterocycles. The summed E-state index contributed by atoms with van der Waals surface area (Å²) < 4.78 is 10.9. The molecule has 124 valence electrons. The molecule has 0 aliphatic heterocycles. The van der Waals surface area contributed by atoms with E-state index < -0.39 is 6.10 Å². The number of rotatable bonds is 8. The Bertz CT molecular complexity index is 596. The van der Waals surface area contributed by atoms with E-state index in [0.717, 1.165) is 22.6 Å². The molecule has 0 radical (unpaired) electrons. The van der Waals surface area contributed by atoms with Gasteiger partial charge in [-0.1, -0.05) is 30.3 Å². The SMILES string of the molecule is COc1ccccc1CNCC(O)c1ccc(OC(C)C)cc1. The predicted octanol–water partition coefficient (Wildman–Crippen LogP) is 3.31. The molecule has 2 rings (SSSR count). The highest BCUT2D eigenvalue weighted by Gasteiger charge is 2.08. The number of aliphatic hydroxyl groups is 1. The first-order chi connectivity index (χ1) is 11.1. The van der Waals surface area contributed by atoms with E-state index in [4.69, 9.17) is 9.47 Å². The number of para-hydroxylation sites is 1. The number of ether oxygens (including phenoxy) is 2. The van der Waals surface area contributed by atoms with Crippen molar-refractivity contribution >= 4 is 0 Å². The molecule has 2 N–H and O–H groups in total. The lowest BCUT2D eigenvalue weighted by molar-refractivity contribution is 0.174. The fourth-order valence-corrected chi connectivity index (χ4v) is 2.35. The molecule has 23 heavy (non-hydrogen) atoms. The number of benzene rings is 2. The van der Waals surface area contributed by atoms with Crippen LogP contribution in [-0.4, -0.2) is 24.9 Å². The van der Waals surface area contributed by atoms with Crippen LogP contribution in [0.3, 0.4) is 0 Å². The van der Waals surface area contributed by atoms with Crippen molar-refractivity contribution in [3.63, 3.8) is 0 Å². The van der Waals surface area contributed by atoms with Crippen LogP contribution in [0.25, 0.3) is 0 Å². The van der Waals surface area contributed by atoms with E-state index >= 15 is 0 Å². The fraction of sp³-hybridized carbons (Fsp3) is 0.368. The highest BCUT2D eigenvalue weighted by molar-refractivity contribution is 5.33. The quantitative estimate of drug-likeness (QED) is 0.785. The summed E-state index contributed by atoms with van der Waals surface area (Å²) >= 11 is 0. The molecular formula is C19H25NO3. The Morgan fingerprint density at radius 2 is 1.74 bits per heavy atom. The van der Waals surface area contributed by atoms with Crippen molar-refractivity contribution in [3.8, 4) is 11.5 Å². The van der Waals surface area contributed by atoms with E-state index in [2.05, 4.69) is 5.32 Å². The Morgan fingerprint density at radius 1 is 1.04 bits per heavy atom. The Labute approximate surface area is 138 Å². The van der Waals surface area contributed by atoms with Gasteiger partial charge in [0.2, 0.25) is 0 Å². The second-order valence-corrected chi connectivity index (χ2v) is 5.69. The van der Waals surface area contributed by atoms with Gasteiger partial charge in [0.05, 0.1) is 19.3 Å². The lowest BCUT2D eigenvalue weighted by atomic mass is 10.1. The average molecular weight is 315 g/mol. The zero-order valence-corrected chi connectivity index (χ0v) is 14.0. The van der Waals surface area contributed by atoms with E-state index in [9.17, 15) is 5.11 Å². The second-order valence-electron chi connectivity index (χ2n) is 5.69. The molecular weight excluding hydrogens is 290 g/mol. The summed E-state index contributed by atoms with van der Waals surface area (Å²) in [6.45, 7) is 5.10. The van der Waals surface area contributed by atoms with Crippen molar-refractivity contribution in [1.29, 1.82) is 0 Å². The molecule has 0 fully saturated rings. The zero-order chi connectivity index (χ0) is 16.7. The van der Waals surface area contributed by atoms with Gasteiger partial charge in [-0.2, -0.15) is 0 Å². The van der Waals surface area contributed by atoms with Gasteiger partial charge in [0.15, 0.2) is 0 Å². The molecule has 0 spiro atoms. The number of aliphatic hydroxyl groups excluding tert-OH is 1. The molecule has 0 aliphatic carbocycles. The molecule has 4 heteroatoms. The summed E-state index contributed by atoms with van der Waals surface area (Å²) in [5, 5.41) is 13.5. The van der Waals surface area contributed by atoms with Crippen molar-refractivity contribution in [3.05, 3.63) is 59.7 Å². The minimum Gasteiger partial charge on any atom is -0.496 e. The molecule has 0 aromatic heterocycles. The van der Waals surface area contributed by atoms with Crippen LogP contribution < -0.4 is 14.8 Å². The van der Waals surface area contributed by atoms with Crippen molar-refractivity contribution in [1.82, 2.24) is 5.32 Å². The van der Waals surface area contributed by atoms with E-state index in [1.807, 2.05) is 62.4 Å². The molecule has 2 aromatic carbocycles. The molecule has 2 aromatic rings. The Morgan fingerprint density at radius 3 is 2.39 bits per heavy atom. The van der Waals surface area contributed by atoms with Crippen LogP contribution in [0.2, 0.25) is 0 Å². The van der Waals surface area contributed by atoms with Gasteiger partial charge in [-0.3, -0.25) is 0 Å². The average Bonchev–Trinajstić information content (AvgIpc) is 2.55. The third-order valence-electron chi connectivity index (χ3n) is 3.48. The van der Waals surface area contributed by atoms with E-state index in [1.165, 1.54) is 0 Å². The second kappa shape index (κ2) is 8.56.